The number of carbonyl (C=O) groups excluding carboxylic acids is 9. The van der Waals surface area contributed by atoms with Gasteiger partial charge in [0.1, 0.15) is 89.6 Å². The van der Waals surface area contributed by atoms with Gasteiger partial charge in [-0.1, -0.05) is 84.9 Å². The molecule has 0 unspecified atom stereocenters. The van der Waals surface area contributed by atoms with Gasteiger partial charge >= 0.3 is 30.0 Å². The Kier molecular flexibility index (Phi) is 31.8. The van der Waals surface area contributed by atoms with Gasteiger partial charge in [-0.05, 0) is 237 Å². The molecule has 30 heteroatoms. The highest BCUT2D eigenvalue weighted by molar-refractivity contribution is 6.01. The third-order valence-electron chi connectivity index (χ3n) is 19.5. The summed E-state index contributed by atoms with van der Waals surface area (Å²) in [6.45, 7) is 17.0. The van der Waals surface area contributed by atoms with Crippen LogP contribution in [0.3, 0.4) is 0 Å². The summed E-state index contributed by atoms with van der Waals surface area (Å²) in [5.41, 5.74) is 38.9. The maximum atomic E-state index is 13.6. The van der Waals surface area contributed by atoms with Crippen LogP contribution in [0.15, 0.2) is 194 Å². The summed E-state index contributed by atoms with van der Waals surface area (Å²) in [5, 5.41) is 22.2. The van der Waals surface area contributed by atoms with E-state index in [2.05, 4.69) is 33.4 Å². The molecule has 3 atom stereocenters. The molecule has 0 aliphatic heterocycles. The number of fused-ring (bicyclic) bond motifs is 6. The van der Waals surface area contributed by atoms with Gasteiger partial charge in [0.25, 0.3) is 17.7 Å². The molecule has 654 valence electrons. The van der Waals surface area contributed by atoms with E-state index in [1.165, 1.54) is 0 Å². The largest absolute Gasteiger partial charge is 0.489 e. The molecule has 30 nitrogen and oxygen atoms in total. The molecule has 6 amide bonds. The standard InChI is InChI=1S/C41H42N4O7.C26H32N4O5.C17H17N3O2.C10H19NO4/c1-41(2,3)52-37(46)19-17-34(44-40(49)51-24-33-31-14-7-5-12-29(31)30-13-6-8-15-32(30)33)39(48)43-27-11-9-10-25(20-27)23-50-28-16-18-35-26(21-28)22-36(38(42)47)45(35)4;1-26(2,3)35-23(31)11-9-20(27)25(33)29-18-7-5-6-16(12-18)15-34-19-8-10-21-17(13-19)14-22(24(28)32)30(21)4;1-20-15-6-5-14(8-12(15)9-16(20)17(19)21)22-10-11-3-2-4-13(18)7-11;1-10(2,3)15-8(12)6-5-7(11-4)9(13)14/h5-16,18,20-22,33-34H,17,19,23-24H2,1-4H3,(H2,42,47)(H,43,48)(H,44,49);5-8,10,12-14,20H,9,11,15,27H2,1-4H3,(H2,28,32)(H,29,33);2-9H,10,18H2,1H3,(H2,19,21);7,11H,5-6H2,1-4H3,(H,13,14)/t34-;20-;;7-/m00.0/s1. The van der Waals surface area contributed by atoms with Crippen molar-refractivity contribution in [3.05, 3.63) is 239 Å². The zero-order valence-corrected chi connectivity index (χ0v) is 72.0. The highest BCUT2D eigenvalue weighted by Gasteiger charge is 2.32. The Morgan fingerprint density at radius 1 is 0.435 bits per heavy atom. The zero-order chi connectivity index (χ0) is 90.5. The number of nitrogen functional groups attached to an aromatic ring is 1. The van der Waals surface area contributed by atoms with E-state index in [1.807, 2.05) is 134 Å². The Labute approximate surface area is 719 Å². The molecule has 3 heterocycles. The molecule has 0 radical (unpaired) electrons. The van der Waals surface area contributed by atoms with Gasteiger partial charge in [-0.3, -0.25) is 43.2 Å². The number of esters is 3. The average molecular weight is 1700 g/mol. The maximum absolute atomic E-state index is 13.6. The highest BCUT2D eigenvalue weighted by Crippen LogP contribution is 2.45. The number of anilines is 3. The number of ether oxygens (including phenoxy) is 7. The van der Waals surface area contributed by atoms with Crippen LogP contribution in [0, 0.1) is 0 Å². The summed E-state index contributed by atoms with van der Waals surface area (Å²) in [6, 6.07) is 57.3. The smallest absolute Gasteiger partial charge is 0.407 e. The number of hydrogen-bond acceptors (Lipinski definition) is 20. The van der Waals surface area contributed by atoms with Gasteiger partial charge in [0.05, 0.1) is 6.04 Å². The van der Waals surface area contributed by atoms with Gasteiger partial charge in [0.2, 0.25) is 11.8 Å². The lowest BCUT2D eigenvalue weighted by Gasteiger charge is -2.22. The number of primary amides is 3. The molecule has 3 aromatic heterocycles. The predicted octanol–water partition coefficient (Wildman–Crippen LogP) is 13.3. The number of carboxylic acid groups (broad SMARTS) is 1. The summed E-state index contributed by atoms with van der Waals surface area (Å²) in [7, 11) is 6.92. The first-order valence-electron chi connectivity index (χ1n) is 40.2. The number of aliphatic carboxylic acids is 1. The molecule has 11 aromatic rings. The number of aryl methyl sites for hydroxylation is 3. The minimum absolute atomic E-state index is 0.00677. The second kappa shape index (κ2) is 42.0. The molecule has 1 aliphatic carbocycles. The van der Waals surface area contributed by atoms with Gasteiger partial charge in [-0.15, -0.1) is 0 Å². The highest BCUT2D eigenvalue weighted by atomic mass is 16.6. The van der Waals surface area contributed by atoms with Gasteiger partial charge < -0.3 is 102 Å². The Morgan fingerprint density at radius 3 is 1.17 bits per heavy atom. The number of amides is 6. The Balaban J connectivity index is 0.000000207. The number of carboxylic acids is 1. The van der Waals surface area contributed by atoms with E-state index >= 15 is 0 Å². The van der Waals surface area contributed by atoms with E-state index in [9.17, 15) is 47.9 Å². The van der Waals surface area contributed by atoms with Crippen molar-refractivity contribution < 1.29 is 86.2 Å². The lowest BCUT2D eigenvalue weighted by atomic mass is 9.98. The normalized spacial score (nSPS) is 12.3. The number of hydrogen-bond donors (Lipinski definition) is 10. The summed E-state index contributed by atoms with van der Waals surface area (Å²) in [5.74, 6) is -2.74. The molecule has 1 aliphatic rings. The van der Waals surface area contributed by atoms with E-state index in [0.717, 1.165) is 77.4 Å². The second-order valence-corrected chi connectivity index (χ2v) is 32.7. The van der Waals surface area contributed by atoms with Gasteiger partial charge in [0, 0.05) is 96.1 Å². The number of rotatable bonds is 30. The van der Waals surface area contributed by atoms with Crippen molar-refractivity contribution in [3.63, 3.8) is 0 Å². The van der Waals surface area contributed by atoms with E-state index in [4.69, 9.17) is 66.9 Å². The molecule has 15 N–H and O–H groups in total. The number of likely N-dealkylation sites (N-methyl/N-ethyl adjacent to an activating group) is 1. The minimum atomic E-state index is -1.09. The Bertz CT molecular complexity index is 5660. The van der Waals surface area contributed by atoms with Crippen LogP contribution < -0.4 is 64.1 Å². The van der Waals surface area contributed by atoms with Crippen LogP contribution >= 0.6 is 0 Å². The SMILES string of the molecule is CN[C@@H](CCC(=O)OC(C)(C)C)C(=O)O.Cn1c(C(N)=O)cc2cc(OCc3cccc(N)c3)ccc21.Cn1c(C(N)=O)cc2cc(OCc3cccc(NC(=O)[C@@H](N)CCC(=O)OC(C)(C)C)c3)ccc21.Cn1c(C(N)=O)cc2cc(OCc3cccc(NC(=O)[C@H](CCC(=O)OC(C)(C)C)NC(=O)OCC4c5ccccc5-c5ccccc54)c3)ccc21. The summed E-state index contributed by atoms with van der Waals surface area (Å²) in [4.78, 5) is 120. The minimum Gasteiger partial charge on any atom is -0.489 e. The number of aromatic nitrogens is 3. The number of benzene rings is 8. The topological polar surface area (TPSA) is 449 Å². The van der Waals surface area contributed by atoms with Crippen molar-refractivity contribution >= 4 is 109 Å². The molecule has 124 heavy (non-hydrogen) atoms. The van der Waals surface area contributed by atoms with E-state index in [1.54, 1.807) is 152 Å². The molecule has 12 rings (SSSR count). The predicted molar refractivity (Wildman–Crippen MR) is 474 cm³/mol. The maximum Gasteiger partial charge on any atom is 0.407 e. The molecule has 0 fully saturated rings. The van der Waals surface area contributed by atoms with Gasteiger partial charge in [-0.25, -0.2) is 4.79 Å². The molecule has 0 spiro atoms. The number of nitrogens with one attached hydrogen (secondary N) is 4. The van der Waals surface area contributed by atoms with Crippen LogP contribution in [0.1, 0.15) is 166 Å². The monoisotopic (exact) mass is 1690 g/mol. The van der Waals surface area contributed by atoms with Crippen LogP contribution in [0.5, 0.6) is 17.2 Å². The Morgan fingerprint density at radius 2 is 0.798 bits per heavy atom. The van der Waals surface area contributed by atoms with Crippen LogP contribution in [-0.2, 0) is 88.7 Å². The summed E-state index contributed by atoms with van der Waals surface area (Å²) in [6.07, 6.45) is -0.287. The summed E-state index contributed by atoms with van der Waals surface area (Å²) >= 11 is 0. The molecule has 0 bridgehead atoms. The number of alkyl carbamates (subject to hydrolysis) is 1. The lowest BCUT2D eigenvalue weighted by molar-refractivity contribution is -0.156. The van der Waals surface area contributed by atoms with Crippen LogP contribution in [0.4, 0.5) is 21.9 Å². The van der Waals surface area contributed by atoms with Crippen LogP contribution in [0.25, 0.3) is 43.8 Å². The van der Waals surface area contributed by atoms with Crippen molar-refractivity contribution in [2.45, 2.75) is 162 Å². The fraction of sp³-hybridized carbons (Fsp3) is 0.319. The molecule has 0 saturated carbocycles. The average Bonchev–Trinajstić information content (AvgIpc) is 1.61. The first kappa shape index (κ1) is 93.9. The first-order chi connectivity index (χ1) is 58.6. The van der Waals surface area contributed by atoms with E-state index in [0.29, 0.717) is 52.2 Å². The lowest BCUT2D eigenvalue weighted by Crippen LogP contribution is -2.44. The van der Waals surface area contributed by atoms with Crippen molar-refractivity contribution in [2.24, 2.45) is 44.1 Å². The number of nitrogens with two attached hydrogens (primary N) is 5. The van der Waals surface area contributed by atoms with Crippen LogP contribution in [-0.4, -0.2) is 127 Å². The Hall–Kier alpha value is -14.0. The van der Waals surface area contributed by atoms with Crippen molar-refractivity contribution in [1.82, 2.24) is 24.3 Å². The fourth-order valence-electron chi connectivity index (χ4n) is 13.6. The van der Waals surface area contributed by atoms with Crippen LogP contribution in [0.2, 0.25) is 0 Å². The van der Waals surface area contributed by atoms with Gasteiger partial charge in [0.15, 0.2) is 0 Å². The third kappa shape index (κ3) is 27.3. The first-order valence-corrected chi connectivity index (χ1v) is 40.2. The molecular weight excluding hydrogens is 1590 g/mol. The molecule has 0 saturated heterocycles. The fourth-order valence-corrected chi connectivity index (χ4v) is 13.6. The zero-order valence-electron chi connectivity index (χ0n) is 72.0. The van der Waals surface area contributed by atoms with Crippen molar-refractivity contribution in [2.75, 3.05) is 30.0 Å². The molecular formula is C94H110N12O18. The third-order valence-corrected chi connectivity index (χ3v) is 19.5. The summed E-state index contributed by atoms with van der Waals surface area (Å²) < 4.78 is 44.4. The van der Waals surface area contributed by atoms with Crippen molar-refractivity contribution in [3.8, 4) is 28.4 Å². The quantitative estimate of drug-likeness (QED) is 0.0114. The van der Waals surface area contributed by atoms with Crippen molar-refractivity contribution in [1.29, 1.82) is 0 Å². The number of nitrogens with zero attached hydrogens (tertiary/aromatic N) is 3. The second-order valence-electron chi connectivity index (χ2n) is 32.7. The van der Waals surface area contributed by atoms with E-state index in [-0.39, 0.29) is 82.1 Å². The number of carbonyl (C=O) groups is 10. The van der Waals surface area contributed by atoms with E-state index < -0.39 is 76.6 Å². The molecule has 8 aromatic carbocycles. The van der Waals surface area contributed by atoms with Gasteiger partial charge in [-0.2, -0.15) is 0 Å².